The number of aromatic nitrogens is 1. The molecule has 0 bridgehead atoms. The van der Waals surface area contributed by atoms with Crippen molar-refractivity contribution in [3.05, 3.63) is 137 Å². The maximum absolute atomic E-state index is 13.5. The second kappa shape index (κ2) is 13.2. The molecule has 0 aliphatic rings. The summed E-state index contributed by atoms with van der Waals surface area (Å²) in [4.78, 5) is 32.3. The van der Waals surface area contributed by atoms with Crippen molar-refractivity contribution in [2.75, 3.05) is 18.2 Å². The average Bonchev–Trinajstić information content (AvgIpc) is 3.43. The summed E-state index contributed by atoms with van der Waals surface area (Å²) in [7, 11) is 1.63. The van der Waals surface area contributed by atoms with Crippen molar-refractivity contribution in [1.29, 1.82) is 0 Å². The number of thiophene rings is 1. The van der Waals surface area contributed by atoms with Crippen molar-refractivity contribution in [2.45, 2.75) is 19.8 Å². The number of nitrogen functional groups attached to an aromatic ring is 1. The second-order valence-corrected chi connectivity index (χ2v) is 12.2. The van der Waals surface area contributed by atoms with E-state index in [9.17, 15) is 9.59 Å². The Bertz CT molecular complexity index is 2050. The predicted octanol–water partition coefficient (Wildman–Crippen LogP) is 9.49. The topological polar surface area (TPSA) is 94.3 Å². The maximum atomic E-state index is 13.5. The van der Waals surface area contributed by atoms with Crippen molar-refractivity contribution < 1.29 is 14.3 Å². The Morgan fingerprint density at radius 1 is 0.870 bits per heavy atom. The normalized spacial score (nSPS) is 11.3. The van der Waals surface area contributed by atoms with Crippen LogP contribution in [0.2, 0.25) is 0 Å². The van der Waals surface area contributed by atoms with Crippen LogP contribution in [0.25, 0.3) is 38.7 Å². The first-order chi connectivity index (χ1) is 22.3. The number of amides is 1. The molecule has 6 rings (SSSR count). The van der Waals surface area contributed by atoms with Gasteiger partial charge in [-0.05, 0) is 88.8 Å². The molecule has 6 aromatic rings. The number of anilines is 2. The highest BCUT2D eigenvalue weighted by atomic mass is 32.1. The molecule has 228 valence electrons. The van der Waals surface area contributed by atoms with E-state index < -0.39 is 0 Å². The van der Waals surface area contributed by atoms with Crippen molar-refractivity contribution in [2.24, 2.45) is 0 Å². The Balaban J connectivity index is 1.24. The number of carbonyl (C=O) groups is 2. The number of ketones is 1. The molecule has 0 atom stereocenters. The Morgan fingerprint density at radius 2 is 1.57 bits per heavy atom. The summed E-state index contributed by atoms with van der Waals surface area (Å²) in [6, 6.07) is 34.7. The van der Waals surface area contributed by atoms with Crippen LogP contribution in [0, 0.1) is 0 Å². The summed E-state index contributed by atoms with van der Waals surface area (Å²) in [6.45, 7) is 4.30. The predicted molar refractivity (Wildman–Crippen MR) is 190 cm³/mol. The van der Waals surface area contributed by atoms with Gasteiger partial charge in [0.25, 0.3) is 5.91 Å². The zero-order chi connectivity index (χ0) is 32.2. The first-order valence-corrected chi connectivity index (χ1v) is 15.8. The third-order valence-electron chi connectivity index (χ3n) is 7.83. The molecule has 0 saturated heterocycles. The molecule has 1 amide bonds. The Kier molecular flexibility index (Phi) is 8.76. The monoisotopic (exact) mass is 623 g/mol. The Labute approximate surface area is 272 Å². The molecule has 4 aromatic carbocycles. The van der Waals surface area contributed by atoms with Crippen LogP contribution in [-0.4, -0.2) is 23.8 Å². The Hall–Kier alpha value is -5.53. The van der Waals surface area contributed by atoms with Crippen LogP contribution in [-0.2, 0) is 0 Å². The van der Waals surface area contributed by atoms with E-state index in [4.69, 9.17) is 15.5 Å². The summed E-state index contributed by atoms with van der Waals surface area (Å²) in [5.41, 5.74) is 13.9. The number of methoxy groups -OCH3 is 1. The summed E-state index contributed by atoms with van der Waals surface area (Å²) < 4.78 is 5.32. The van der Waals surface area contributed by atoms with E-state index in [0.717, 1.165) is 39.1 Å². The summed E-state index contributed by atoms with van der Waals surface area (Å²) in [5, 5.41) is 3.68. The maximum Gasteiger partial charge on any atom is 0.267 e. The number of benzene rings is 4. The summed E-state index contributed by atoms with van der Waals surface area (Å²) >= 11 is 1.26. The van der Waals surface area contributed by atoms with Crippen LogP contribution in [0.15, 0.2) is 115 Å². The van der Waals surface area contributed by atoms with Gasteiger partial charge in [-0.15, -0.1) is 11.3 Å². The minimum absolute atomic E-state index is 0.119. The number of hydrogen-bond acceptors (Lipinski definition) is 6. The second-order valence-electron chi connectivity index (χ2n) is 11.2. The molecule has 3 N–H and O–H groups in total. The number of nitrogens with one attached hydrogen (secondary N) is 1. The minimum atomic E-state index is -0.339. The quantitative estimate of drug-likeness (QED) is 0.124. The van der Waals surface area contributed by atoms with Crippen molar-refractivity contribution in [1.82, 2.24) is 4.98 Å². The molecular formula is C39H33N3O3S. The number of nitrogens with two attached hydrogens (primary N) is 1. The van der Waals surface area contributed by atoms with E-state index in [1.54, 1.807) is 37.5 Å². The molecule has 46 heavy (non-hydrogen) atoms. The van der Waals surface area contributed by atoms with Crippen molar-refractivity contribution in [3.63, 3.8) is 0 Å². The van der Waals surface area contributed by atoms with Gasteiger partial charge < -0.3 is 15.8 Å². The molecule has 0 aliphatic carbocycles. The SMILES string of the molecule is COc1ccc(-c2cc(-c3ccccc3)c3c(N)c(C(=O)Nc4ccc(C(=O)/C=C/c5ccc(C(C)C)cc5)cc4)sc3n2)cc1. The fraction of sp³-hybridized carbons (Fsp3) is 0.103. The van der Waals surface area contributed by atoms with Crippen molar-refractivity contribution >= 4 is 50.7 Å². The van der Waals surface area contributed by atoms with Gasteiger partial charge in [0, 0.05) is 22.2 Å². The van der Waals surface area contributed by atoms with Gasteiger partial charge in [-0.25, -0.2) is 4.98 Å². The molecule has 7 heteroatoms. The highest BCUT2D eigenvalue weighted by Gasteiger charge is 2.22. The third-order valence-corrected chi connectivity index (χ3v) is 8.93. The molecule has 0 aliphatic heterocycles. The van der Waals surface area contributed by atoms with Crippen LogP contribution >= 0.6 is 11.3 Å². The van der Waals surface area contributed by atoms with E-state index in [1.807, 2.05) is 78.9 Å². The smallest absolute Gasteiger partial charge is 0.267 e. The molecule has 2 heterocycles. The lowest BCUT2D eigenvalue weighted by Crippen LogP contribution is -2.12. The minimum Gasteiger partial charge on any atom is -0.497 e. The van der Waals surface area contributed by atoms with Crippen LogP contribution < -0.4 is 15.8 Å². The van der Waals surface area contributed by atoms with E-state index >= 15 is 0 Å². The number of carbonyl (C=O) groups excluding carboxylic acids is 2. The Morgan fingerprint density at radius 3 is 2.22 bits per heavy atom. The molecule has 6 nitrogen and oxygen atoms in total. The van der Waals surface area contributed by atoms with Gasteiger partial charge in [0.15, 0.2) is 5.78 Å². The standard InChI is InChI=1S/C39H33N3O3S/c1-24(2)26-12-9-25(10-13-26)11-22-34(43)29-14-18-30(19-15-29)41-38(44)37-36(40)35-32(27-7-5-4-6-8-27)23-33(42-39(35)46-37)28-16-20-31(45-3)21-17-28/h4-24H,40H2,1-3H3,(H,41,44)/b22-11+. The van der Waals surface area contributed by atoms with Crippen LogP contribution in [0.4, 0.5) is 11.4 Å². The van der Waals surface area contributed by atoms with Gasteiger partial charge in [-0.3, -0.25) is 9.59 Å². The van der Waals surface area contributed by atoms with Gasteiger partial charge in [0.2, 0.25) is 0 Å². The summed E-state index contributed by atoms with van der Waals surface area (Å²) in [6.07, 6.45) is 3.37. The molecule has 0 unspecified atom stereocenters. The molecule has 0 fully saturated rings. The number of pyridine rings is 1. The lowest BCUT2D eigenvalue weighted by Gasteiger charge is -2.09. The van der Waals surface area contributed by atoms with Gasteiger partial charge in [0.05, 0.1) is 18.5 Å². The van der Waals surface area contributed by atoms with E-state index in [1.165, 1.54) is 16.9 Å². The van der Waals surface area contributed by atoms with Crippen LogP contribution in [0.1, 0.15) is 50.9 Å². The highest BCUT2D eigenvalue weighted by Crippen LogP contribution is 2.41. The molecular weight excluding hydrogens is 591 g/mol. The number of fused-ring (bicyclic) bond motifs is 1. The van der Waals surface area contributed by atoms with E-state index in [0.29, 0.717) is 32.6 Å². The zero-order valence-corrected chi connectivity index (χ0v) is 26.6. The van der Waals surface area contributed by atoms with Gasteiger partial charge in [0.1, 0.15) is 15.5 Å². The van der Waals surface area contributed by atoms with Gasteiger partial charge >= 0.3 is 0 Å². The fourth-order valence-corrected chi connectivity index (χ4v) is 6.23. The molecule has 2 aromatic heterocycles. The van der Waals surface area contributed by atoms with Gasteiger partial charge in [-0.1, -0.05) is 74.5 Å². The van der Waals surface area contributed by atoms with Crippen molar-refractivity contribution in [3.8, 4) is 28.1 Å². The number of allylic oxidation sites excluding steroid dienone is 1. The third kappa shape index (κ3) is 6.46. The molecule has 0 spiro atoms. The van der Waals surface area contributed by atoms with E-state index in [2.05, 4.69) is 31.3 Å². The lowest BCUT2D eigenvalue weighted by molar-refractivity contribution is 0.102. The fourth-order valence-electron chi connectivity index (χ4n) is 5.21. The molecule has 0 saturated carbocycles. The largest absolute Gasteiger partial charge is 0.497 e. The lowest BCUT2D eigenvalue weighted by atomic mass is 9.99. The highest BCUT2D eigenvalue weighted by molar-refractivity contribution is 7.21. The zero-order valence-electron chi connectivity index (χ0n) is 25.8. The average molecular weight is 624 g/mol. The van der Waals surface area contributed by atoms with E-state index in [-0.39, 0.29) is 11.7 Å². The van der Waals surface area contributed by atoms with Crippen LogP contribution in [0.5, 0.6) is 5.75 Å². The number of nitrogens with zero attached hydrogens (tertiary/aromatic N) is 1. The number of rotatable bonds is 9. The first-order valence-electron chi connectivity index (χ1n) is 15.0. The number of ether oxygens (including phenoxy) is 1. The van der Waals surface area contributed by atoms with Crippen LogP contribution in [0.3, 0.4) is 0 Å². The van der Waals surface area contributed by atoms with Gasteiger partial charge in [-0.2, -0.15) is 0 Å². The number of hydrogen-bond donors (Lipinski definition) is 2. The first kappa shape index (κ1) is 30.5. The molecule has 0 radical (unpaired) electrons. The summed E-state index contributed by atoms with van der Waals surface area (Å²) in [5.74, 6) is 0.755.